The molecule has 0 saturated heterocycles. The van der Waals surface area contributed by atoms with E-state index in [4.69, 9.17) is 0 Å². The van der Waals surface area contributed by atoms with Crippen LogP contribution in [0.5, 0.6) is 0 Å². The predicted octanol–water partition coefficient (Wildman–Crippen LogP) is 3.53. The highest BCUT2D eigenvalue weighted by Crippen LogP contribution is 2.38. The molecule has 1 saturated carbocycles. The first kappa shape index (κ1) is 16.0. The van der Waals surface area contributed by atoms with E-state index in [1.165, 1.54) is 6.33 Å². The molecule has 0 unspecified atom stereocenters. The number of nitrogens with one attached hydrogen (secondary N) is 1. The van der Waals surface area contributed by atoms with Crippen LogP contribution in [-0.4, -0.2) is 31.8 Å². The zero-order chi connectivity index (χ0) is 16.6. The maximum atomic E-state index is 12.8. The normalized spacial score (nSPS) is 22.5. The molecule has 5 nitrogen and oxygen atoms in total. The number of hydrogen-bond donors (Lipinski definition) is 1. The van der Waals surface area contributed by atoms with E-state index < -0.39 is 12.1 Å². The summed E-state index contributed by atoms with van der Waals surface area (Å²) in [6.45, 7) is 3.97. The summed E-state index contributed by atoms with van der Waals surface area (Å²) in [5.74, 6) is 0.135. The fourth-order valence-electron chi connectivity index (χ4n) is 3.24. The molecule has 1 N–H and O–H groups in total. The van der Waals surface area contributed by atoms with Crippen molar-refractivity contribution in [1.82, 2.24) is 19.6 Å². The molecule has 1 aliphatic carbocycles. The Morgan fingerprint density at radius 1 is 1.26 bits per heavy atom. The third-order valence-electron chi connectivity index (χ3n) is 4.63. The standard InChI is InChI=1S/C15H20F3N5/c1-3-12-9(2)13(23-14(22-12)19-8-20-23)21-11-6-4-10(5-7-11)15(16,17)18/h8,10-11,21H,3-7H2,1-2H3. The van der Waals surface area contributed by atoms with E-state index in [0.717, 1.165) is 23.5 Å². The van der Waals surface area contributed by atoms with Gasteiger partial charge in [-0.2, -0.15) is 27.8 Å². The van der Waals surface area contributed by atoms with Gasteiger partial charge in [-0.25, -0.2) is 4.98 Å². The molecule has 8 heteroatoms. The quantitative estimate of drug-likeness (QED) is 0.937. The lowest BCUT2D eigenvalue weighted by Gasteiger charge is -2.31. The fourth-order valence-corrected chi connectivity index (χ4v) is 3.24. The van der Waals surface area contributed by atoms with Gasteiger partial charge < -0.3 is 5.32 Å². The van der Waals surface area contributed by atoms with Gasteiger partial charge in [-0.05, 0) is 39.0 Å². The zero-order valence-electron chi connectivity index (χ0n) is 13.2. The van der Waals surface area contributed by atoms with E-state index in [-0.39, 0.29) is 18.9 Å². The molecular formula is C15H20F3N5. The largest absolute Gasteiger partial charge is 0.391 e. The average molecular weight is 327 g/mol. The number of nitrogens with zero attached hydrogens (tertiary/aromatic N) is 4. The van der Waals surface area contributed by atoms with E-state index in [2.05, 4.69) is 20.4 Å². The number of fused-ring (bicyclic) bond motifs is 1. The van der Waals surface area contributed by atoms with Crippen molar-refractivity contribution < 1.29 is 13.2 Å². The summed E-state index contributed by atoms with van der Waals surface area (Å²) in [7, 11) is 0. The van der Waals surface area contributed by atoms with Crippen molar-refractivity contribution in [3.8, 4) is 0 Å². The monoisotopic (exact) mass is 327 g/mol. The van der Waals surface area contributed by atoms with Crippen molar-refractivity contribution >= 4 is 11.6 Å². The third-order valence-corrected chi connectivity index (χ3v) is 4.63. The SMILES string of the molecule is CCc1nc2ncnn2c(NC2CCC(C(F)(F)F)CC2)c1C. The van der Waals surface area contributed by atoms with E-state index in [9.17, 15) is 13.2 Å². The Morgan fingerprint density at radius 3 is 2.57 bits per heavy atom. The smallest absolute Gasteiger partial charge is 0.367 e. The van der Waals surface area contributed by atoms with Crippen LogP contribution in [0, 0.1) is 12.8 Å². The molecule has 0 radical (unpaired) electrons. The van der Waals surface area contributed by atoms with Crippen LogP contribution >= 0.6 is 0 Å². The summed E-state index contributed by atoms with van der Waals surface area (Å²) in [6, 6.07) is 0.0202. The molecule has 0 spiro atoms. The molecule has 23 heavy (non-hydrogen) atoms. The van der Waals surface area contributed by atoms with Gasteiger partial charge in [-0.3, -0.25) is 0 Å². The maximum absolute atomic E-state index is 12.8. The van der Waals surface area contributed by atoms with Crippen molar-refractivity contribution in [3.63, 3.8) is 0 Å². The molecule has 0 amide bonds. The van der Waals surface area contributed by atoms with Gasteiger partial charge in [0.05, 0.1) is 11.6 Å². The van der Waals surface area contributed by atoms with Gasteiger partial charge in [-0.1, -0.05) is 6.92 Å². The van der Waals surface area contributed by atoms with Crippen molar-refractivity contribution in [3.05, 3.63) is 17.6 Å². The van der Waals surface area contributed by atoms with Crippen LogP contribution in [0.25, 0.3) is 5.78 Å². The first-order valence-corrected chi connectivity index (χ1v) is 7.92. The van der Waals surface area contributed by atoms with Gasteiger partial charge >= 0.3 is 6.18 Å². The summed E-state index contributed by atoms with van der Waals surface area (Å²) >= 11 is 0. The predicted molar refractivity (Wildman–Crippen MR) is 80.3 cm³/mol. The van der Waals surface area contributed by atoms with Gasteiger partial charge in [0.2, 0.25) is 0 Å². The fraction of sp³-hybridized carbons (Fsp3) is 0.667. The van der Waals surface area contributed by atoms with E-state index in [1.807, 2.05) is 13.8 Å². The molecule has 0 aromatic carbocycles. The molecule has 0 atom stereocenters. The molecule has 0 aliphatic heterocycles. The Balaban J connectivity index is 1.80. The zero-order valence-corrected chi connectivity index (χ0v) is 13.2. The van der Waals surface area contributed by atoms with Gasteiger partial charge in [0, 0.05) is 11.6 Å². The minimum Gasteiger partial charge on any atom is -0.367 e. The second kappa shape index (κ2) is 5.98. The van der Waals surface area contributed by atoms with Crippen molar-refractivity contribution in [2.24, 2.45) is 5.92 Å². The topological polar surface area (TPSA) is 55.1 Å². The van der Waals surface area contributed by atoms with Crippen LogP contribution in [-0.2, 0) is 6.42 Å². The lowest BCUT2D eigenvalue weighted by atomic mass is 9.85. The van der Waals surface area contributed by atoms with Crippen LogP contribution in [0.15, 0.2) is 6.33 Å². The van der Waals surface area contributed by atoms with Crippen LogP contribution in [0.1, 0.15) is 43.9 Å². The number of alkyl halides is 3. The van der Waals surface area contributed by atoms with E-state index >= 15 is 0 Å². The molecule has 1 fully saturated rings. The Morgan fingerprint density at radius 2 is 1.96 bits per heavy atom. The molecular weight excluding hydrogens is 307 g/mol. The number of aryl methyl sites for hydroxylation is 1. The summed E-state index contributed by atoms with van der Waals surface area (Å²) in [4.78, 5) is 8.57. The maximum Gasteiger partial charge on any atom is 0.391 e. The number of rotatable bonds is 3. The van der Waals surface area contributed by atoms with Gasteiger partial charge in [0.15, 0.2) is 0 Å². The highest BCUT2D eigenvalue weighted by molar-refractivity contribution is 5.52. The summed E-state index contributed by atoms with van der Waals surface area (Å²) in [5, 5.41) is 7.55. The second-order valence-corrected chi connectivity index (χ2v) is 6.09. The molecule has 2 aromatic heterocycles. The Bertz CT molecular complexity index is 686. The molecule has 2 heterocycles. The van der Waals surface area contributed by atoms with Gasteiger partial charge in [0.1, 0.15) is 12.1 Å². The van der Waals surface area contributed by atoms with E-state index in [0.29, 0.717) is 18.6 Å². The van der Waals surface area contributed by atoms with Crippen molar-refractivity contribution in [1.29, 1.82) is 0 Å². The molecule has 3 rings (SSSR count). The molecule has 2 aromatic rings. The van der Waals surface area contributed by atoms with Gasteiger partial charge in [-0.15, -0.1) is 0 Å². The lowest BCUT2D eigenvalue weighted by molar-refractivity contribution is -0.182. The number of halogens is 3. The van der Waals surface area contributed by atoms with Crippen LogP contribution in [0.3, 0.4) is 0 Å². The first-order chi connectivity index (χ1) is 10.9. The highest BCUT2D eigenvalue weighted by Gasteiger charge is 2.41. The summed E-state index contributed by atoms with van der Waals surface area (Å²) in [5.41, 5.74) is 1.90. The summed E-state index contributed by atoms with van der Waals surface area (Å²) < 4.78 is 40.0. The number of hydrogen-bond acceptors (Lipinski definition) is 4. The molecule has 1 aliphatic rings. The highest BCUT2D eigenvalue weighted by atomic mass is 19.4. The van der Waals surface area contributed by atoms with Crippen molar-refractivity contribution in [2.75, 3.05) is 5.32 Å². The van der Waals surface area contributed by atoms with Crippen LogP contribution in [0.2, 0.25) is 0 Å². The first-order valence-electron chi connectivity index (χ1n) is 7.92. The van der Waals surface area contributed by atoms with Gasteiger partial charge in [0.25, 0.3) is 5.78 Å². The van der Waals surface area contributed by atoms with Crippen LogP contribution < -0.4 is 5.32 Å². The average Bonchev–Trinajstić information content (AvgIpc) is 2.97. The number of anilines is 1. The minimum absolute atomic E-state index is 0.0202. The molecule has 126 valence electrons. The van der Waals surface area contributed by atoms with E-state index in [1.54, 1.807) is 4.52 Å². The summed E-state index contributed by atoms with van der Waals surface area (Å²) in [6.07, 6.45) is -0.518. The minimum atomic E-state index is -4.08. The second-order valence-electron chi connectivity index (χ2n) is 6.09. The number of aromatic nitrogens is 4. The Hall–Kier alpha value is -1.86. The van der Waals surface area contributed by atoms with Crippen LogP contribution in [0.4, 0.5) is 19.0 Å². The van der Waals surface area contributed by atoms with Crippen molar-refractivity contribution in [2.45, 2.75) is 58.2 Å². The Labute approximate surface area is 132 Å². The molecule has 0 bridgehead atoms. The lowest BCUT2D eigenvalue weighted by Crippen LogP contribution is -2.33. The Kier molecular flexibility index (Phi) is 4.16. The third kappa shape index (κ3) is 3.11.